The number of alkyl halides is 1. The van der Waals surface area contributed by atoms with Gasteiger partial charge < -0.3 is 14.2 Å². The highest BCUT2D eigenvalue weighted by molar-refractivity contribution is 7.90. The van der Waals surface area contributed by atoms with Crippen LogP contribution in [0.2, 0.25) is 0 Å². The highest BCUT2D eigenvalue weighted by Gasteiger charge is 2.30. The smallest absolute Gasteiger partial charge is 0.324 e. The van der Waals surface area contributed by atoms with Gasteiger partial charge in [-0.3, -0.25) is 0 Å². The average molecular weight is 498 g/mol. The van der Waals surface area contributed by atoms with Crippen molar-refractivity contribution in [1.29, 1.82) is 0 Å². The van der Waals surface area contributed by atoms with E-state index in [1.54, 1.807) is 6.07 Å². The number of benzene rings is 1. The Balaban J connectivity index is 1.21. The van der Waals surface area contributed by atoms with Gasteiger partial charge in [0.1, 0.15) is 5.82 Å². The predicted molar refractivity (Wildman–Crippen MR) is 124 cm³/mol. The van der Waals surface area contributed by atoms with Gasteiger partial charge in [0.25, 0.3) is 0 Å². The maximum Gasteiger partial charge on any atom is 0.324 e. The molecule has 1 aromatic heterocycles. The predicted octanol–water partition coefficient (Wildman–Crippen LogP) is 4.78. The zero-order chi connectivity index (χ0) is 24.5. The molecule has 0 unspecified atom stereocenters. The molecule has 0 bridgehead atoms. The van der Waals surface area contributed by atoms with E-state index in [4.69, 9.17) is 9.26 Å². The van der Waals surface area contributed by atoms with Crippen LogP contribution in [0.25, 0.3) is 0 Å². The minimum Gasteiger partial charge on any atom is -0.378 e. The van der Waals surface area contributed by atoms with Crippen LogP contribution in [0, 0.1) is 11.7 Å². The van der Waals surface area contributed by atoms with Crippen molar-refractivity contribution in [3.8, 4) is 0 Å². The molecule has 1 aliphatic heterocycles. The van der Waals surface area contributed by atoms with Crippen molar-refractivity contribution < 1.29 is 26.5 Å². The lowest BCUT2D eigenvalue weighted by molar-refractivity contribution is 0.000280. The second-order valence-corrected chi connectivity index (χ2v) is 12.1. The molecule has 188 valence electrons. The highest BCUT2D eigenvalue weighted by Crippen LogP contribution is 2.36. The second-order valence-electron chi connectivity index (χ2n) is 10.1. The van der Waals surface area contributed by atoms with Crippen LogP contribution < -0.4 is 4.90 Å². The maximum absolute atomic E-state index is 14.5. The van der Waals surface area contributed by atoms with Gasteiger partial charge in [-0.2, -0.15) is 4.98 Å². The number of halogens is 2. The van der Waals surface area contributed by atoms with Crippen LogP contribution in [0.1, 0.15) is 69.7 Å². The Morgan fingerprint density at radius 2 is 1.82 bits per heavy atom. The van der Waals surface area contributed by atoms with Gasteiger partial charge in [0.05, 0.1) is 11.0 Å². The van der Waals surface area contributed by atoms with Crippen LogP contribution in [-0.2, 0) is 20.2 Å². The summed E-state index contributed by atoms with van der Waals surface area (Å²) in [5.41, 5.74) is -1.03. The number of aromatic nitrogens is 2. The van der Waals surface area contributed by atoms with Gasteiger partial charge in [0.15, 0.2) is 15.5 Å². The van der Waals surface area contributed by atoms with Crippen LogP contribution in [0.4, 0.5) is 14.8 Å². The normalized spacial score (nSPS) is 22.8. The summed E-state index contributed by atoms with van der Waals surface area (Å²) in [6.07, 6.45) is 6.49. The summed E-state index contributed by atoms with van der Waals surface area (Å²) in [5.74, 6) is 0.150. The van der Waals surface area contributed by atoms with E-state index in [1.807, 2.05) is 4.90 Å². The van der Waals surface area contributed by atoms with E-state index in [0.717, 1.165) is 63.9 Å². The highest BCUT2D eigenvalue weighted by atomic mass is 32.2. The Hall–Kier alpha value is -2.07. The van der Waals surface area contributed by atoms with Crippen molar-refractivity contribution in [2.45, 2.75) is 75.0 Å². The standard InChI is InChI=1S/C24H33F2N3O4S/c1-24(2,26)22-27-23(33-28-22)29-12-10-16(11-13-29)15-32-18-6-4-17(5-7-18)20-9-8-19(14-21(20)25)34(3,30)31/h8-9,14,16-18H,4-7,10-13,15H2,1-3H3/t17-,18-. The van der Waals surface area contributed by atoms with Crippen molar-refractivity contribution in [1.82, 2.24) is 10.1 Å². The molecule has 2 aliphatic rings. The first-order valence-electron chi connectivity index (χ1n) is 11.9. The molecule has 0 radical (unpaired) electrons. The number of sulfone groups is 1. The fraction of sp³-hybridized carbons (Fsp3) is 0.667. The molecule has 1 saturated heterocycles. The molecular weight excluding hydrogens is 464 g/mol. The van der Waals surface area contributed by atoms with Crippen LogP contribution in [0.3, 0.4) is 0 Å². The van der Waals surface area contributed by atoms with Crippen LogP contribution in [0.15, 0.2) is 27.6 Å². The molecule has 4 rings (SSSR count). The van der Waals surface area contributed by atoms with Crippen molar-refractivity contribution >= 4 is 15.9 Å². The van der Waals surface area contributed by atoms with Crippen molar-refractivity contribution in [3.63, 3.8) is 0 Å². The molecular formula is C24H33F2N3O4S. The van der Waals surface area contributed by atoms with Crippen LogP contribution >= 0.6 is 0 Å². The molecule has 2 fully saturated rings. The monoisotopic (exact) mass is 497 g/mol. The number of nitrogens with zero attached hydrogens (tertiary/aromatic N) is 3. The number of ether oxygens (including phenoxy) is 1. The Morgan fingerprint density at radius 3 is 2.38 bits per heavy atom. The molecule has 1 aliphatic carbocycles. The first kappa shape index (κ1) is 25.0. The number of rotatable bonds is 7. The van der Waals surface area contributed by atoms with Gasteiger partial charge in [0, 0.05) is 26.0 Å². The molecule has 2 aromatic rings. The van der Waals surface area contributed by atoms with Crippen molar-refractivity contribution in [2.24, 2.45) is 5.92 Å². The molecule has 1 saturated carbocycles. The summed E-state index contributed by atoms with van der Waals surface area (Å²) in [6, 6.07) is 4.62. The minimum atomic E-state index is -3.41. The van der Waals surface area contributed by atoms with E-state index in [9.17, 15) is 17.2 Å². The Morgan fingerprint density at radius 1 is 1.15 bits per heavy atom. The third-order valence-corrected chi connectivity index (χ3v) is 8.02. The lowest BCUT2D eigenvalue weighted by Crippen LogP contribution is -2.36. The van der Waals surface area contributed by atoms with E-state index in [0.29, 0.717) is 24.1 Å². The lowest BCUT2D eigenvalue weighted by Gasteiger charge is -2.33. The van der Waals surface area contributed by atoms with Gasteiger partial charge in [-0.25, -0.2) is 17.2 Å². The lowest BCUT2D eigenvalue weighted by atomic mass is 9.82. The topological polar surface area (TPSA) is 85.5 Å². The first-order valence-corrected chi connectivity index (χ1v) is 13.8. The van der Waals surface area contributed by atoms with Crippen molar-refractivity contribution in [2.75, 3.05) is 30.9 Å². The number of anilines is 1. The Labute approximate surface area is 199 Å². The number of piperidine rings is 1. The van der Waals surface area contributed by atoms with E-state index >= 15 is 0 Å². The molecule has 34 heavy (non-hydrogen) atoms. The molecule has 0 N–H and O–H groups in total. The molecule has 0 amide bonds. The SMILES string of the molecule is CC(C)(F)c1noc(N2CCC(CO[C@H]3CC[C@H](c4ccc(S(C)(=O)=O)cc4F)CC3)CC2)n1. The fourth-order valence-corrected chi connectivity index (χ4v) is 5.39. The minimum absolute atomic E-state index is 0.0163. The van der Waals surface area contributed by atoms with Crippen LogP contribution in [-0.4, -0.2) is 50.6 Å². The Bertz CT molecular complexity index is 1080. The van der Waals surface area contributed by atoms with Gasteiger partial charge in [-0.15, -0.1) is 0 Å². The average Bonchev–Trinajstić information content (AvgIpc) is 3.29. The number of hydrogen-bond donors (Lipinski definition) is 0. The quantitative estimate of drug-likeness (QED) is 0.544. The third-order valence-electron chi connectivity index (χ3n) is 6.91. The largest absolute Gasteiger partial charge is 0.378 e. The molecule has 0 spiro atoms. The molecule has 1 aromatic carbocycles. The summed E-state index contributed by atoms with van der Waals surface area (Å²) in [4.78, 5) is 6.20. The summed E-state index contributed by atoms with van der Waals surface area (Å²) in [5, 5.41) is 3.75. The zero-order valence-electron chi connectivity index (χ0n) is 20.0. The van der Waals surface area contributed by atoms with E-state index in [-0.39, 0.29) is 22.7 Å². The summed E-state index contributed by atoms with van der Waals surface area (Å²) >= 11 is 0. The molecule has 10 heteroatoms. The van der Waals surface area contributed by atoms with E-state index < -0.39 is 21.3 Å². The van der Waals surface area contributed by atoms with Gasteiger partial charge >= 0.3 is 6.01 Å². The van der Waals surface area contributed by atoms with Gasteiger partial charge in [-0.1, -0.05) is 11.2 Å². The first-order chi connectivity index (χ1) is 16.0. The van der Waals surface area contributed by atoms with Gasteiger partial charge in [-0.05, 0) is 81.9 Å². The Kier molecular flexibility index (Phi) is 7.28. The molecule has 0 atom stereocenters. The van der Waals surface area contributed by atoms with Crippen molar-refractivity contribution in [3.05, 3.63) is 35.4 Å². The molecule has 7 nitrogen and oxygen atoms in total. The molecule has 2 heterocycles. The van der Waals surface area contributed by atoms with E-state index in [1.165, 1.54) is 19.9 Å². The maximum atomic E-state index is 14.5. The fourth-order valence-electron chi connectivity index (χ4n) is 4.76. The second kappa shape index (κ2) is 9.89. The van der Waals surface area contributed by atoms with E-state index in [2.05, 4.69) is 10.1 Å². The number of hydrogen-bond acceptors (Lipinski definition) is 7. The zero-order valence-corrected chi connectivity index (χ0v) is 20.8. The third kappa shape index (κ3) is 5.94. The van der Waals surface area contributed by atoms with Gasteiger partial charge in [0.2, 0.25) is 5.82 Å². The summed E-state index contributed by atoms with van der Waals surface area (Å²) < 4.78 is 63.2. The van der Waals surface area contributed by atoms with Crippen LogP contribution in [0.5, 0.6) is 0 Å². The summed E-state index contributed by atoms with van der Waals surface area (Å²) in [7, 11) is -3.41. The summed E-state index contributed by atoms with van der Waals surface area (Å²) in [6.45, 7) is 5.02.